The molecule has 19 heavy (non-hydrogen) atoms. The maximum atomic E-state index is 13.4. The van der Waals surface area contributed by atoms with E-state index in [0.717, 1.165) is 12.1 Å². The predicted molar refractivity (Wildman–Crippen MR) is 61.6 cm³/mol. The number of carboxylic acids is 1. The molecule has 1 N–H and O–H groups in total. The lowest BCUT2D eigenvalue weighted by atomic mass is 10.2. The number of halogens is 3. The molecule has 1 aromatic carbocycles. The second-order valence-corrected chi connectivity index (χ2v) is 4.07. The molecule has 0 bridgehead atoms. The number of nitrogens with zero attached hydrogens (tertiary/aromatic N) is 1. The van der Waals surface area contributed by atoms with Gasteiger partial charge in [-0.3, -0.25) is 9.69 Å². The first-order valence-electron chi connectivity index (χ1n) is 5.47. The monoisotopic (exact) mass is 277 g/mol. The summed E-state index contributed by atoms with van der Waals surface area (Å²) in [4.78, 5) is 12.2. The van der Waals surface area contributed by atoms with Crippen LogP contribution >= 0.6 is 0 Å². The molecule has 1 rings (SSSR count). The maximum Gasteiger partial charge on any atom is 0.387 e. The largest absolute Gasteiger partial charge is 0.480 e. The number of carboxylic acid groups (broad SMARTS) is 1. The first kappa shape index (κ1) is 15.3. The van der Waals surface area contributed by atoms with Crippen LogP contribution in [0.5, 0.6) is 5.75 Å². The van der Waals surface area contributed by atoms with Gasteiger partial charge in [-0.2, -0.15) is 8.78 Å². The van der Waals surface area contributed by atoms with Crippen LogP contribution in [0.4, 0.5) is 13.2 Å². The smallest absolute Gasteiger partial charge is 0.387 e. The van der Waals surface area contributed by atoms with Gasteiger partial charge in [0, 0.05) is 6.54 Å². The summed E-state index contributed by atoms with van der Waals surface area (Å²) in [5.74, 6) is -2.44. The fourth-order valence-corrected chi connectivity index (χ4v) is 1.45. The molecule has 1 atom stereocenters. The van der Waals surface area contributed by atoms with Crippen molar-refractivity contribution < 1.29 is 27.8 Å². The molecule has 1 aromatic rings. The highest BCUT2D eigenvalue weighted by Crippen LogP contribution is 2.21. The highest BCUT2D eigenvalue weighted by molar-refractivity contribution is 5.72. The molecule has 0 spiro atoms. The average Bonchev–Trinajstić information content (AvgIpc) is 2.31. The number of benzene rings is 1. The SMILES string of the molecule is CC(C(=O)O)N(C)Cc1ccc(OC(F)F)c(F)c1. The van der Waals surface area contributed by atoms with Gasteiger partial charge in [0.05, 0.1) is 0 Å². The van der Waals surface area contributed by atoms with Gasteiger partial charge in [0.15, 0.2) is 11.6 Å². The third-order valence-corrected chi connectivity index (χ3v) is 2.66. The van der Waals surface area contributed by atoms with Gasteiger partial charge < -0.3 is 9.84 Å². The predicted octanol–water partition coefficient (Wildman–Crippen LogP) is 2.33. The molecule has 0 aliphatic heterocycles. The quantitative estimate of drug-likeness (QED) is 0.867. The van der Waals surface area contributed by atoms with E-state index in [2.05, 4.69) is 4.74 Å². The molecule has 1 unspecified atom stereocenters. The summed E-state index contributed by atoms with van der Waals surface area (Å²) < 4.78 is 41.3. The van der Waals surface area contributed by atoms with Crippen LogP contribution in [0.15, 0.2) is 18.2 Å². The van der Waals surface area contributed by atoms with E-state index in [0.29, 0.717) is 5.56 Å². The molecule has 106 valence electrons. The molecule has 0 aliphatic carbocycles. The van der Waals surface area contributed by atoms with Crippen molar-refractivity contribution in [3.63, 3.8) is 0 Å². The minimum atomic E-state index is -3.09. The summed E-state index contributed by atoms with van der Waals surface area (Å²) >= 11 is 0. The number of hydrogen-bond donors (Lipinski definition) is 1. The third kappa shape index (κ3) is 4.44. The second-order valence-electron chi connectivity index (χ2n) is 4.07. The number of likely N-dealkylation sites (N-methyl/N-ethyl adjacent to an activating group) is 1. The summed E-state index contributed by atoms with van der Waals surface area (Å²) in [6, 6.07) is 2.81. The second kappa shape index (κ2) is 6.42. The summed E-state index contributed by atoms with van der Waals surface area (Å²) in [7, 11) is 1.57. The zero-order valence-electron chi connectivity index (χ0n) is 10.4. The number of rotatable bonds is 6. The zero-order chi connectivity index (χ0) is 14.6. The summed E-state index contributed by atoms with van der Waals surface area (Å²) in [6.45, 7) is -1.41. The van der Waals surface area contributed by atoms with Gasteiger partial charge in [0.1, 0.15) is 6.04 Å². The molecular formula is C12H14F3NO3. The lowest BCUT2D eigenvalue weighted by molar-refractivity contribution is -0.142. The van der Waals surface area contributed by atoms with Crippen LogP contribution in [-0.4, -0.2) is 35.7 Å². The van der Waals surface area contributed by atoms with Gasteiger partial charge in [-0.25, -0.2) is 4.39 Å². The lowest BCUT2D eigenvalue weighted by Crippen LogP contribution is -2.35. The van der Waals surface area contributed by atoms with E-state index in [1.165, 1.54) is 17.9 Å². The van der Waals surface area contributed by atoms with E-state index in [9.17, 15) is 18.0 Å². The van der Waals surface area contributed by atoms with Crippen LogP contribution in [0.25, 0.3) is 0 Å². The Kier molecular flexibility index (Phi) is 5.17. The number of carbonyl (C=O) groups is 1. The van der Waals surface area contributed by atoms with Gasteiger partial charge in [-0.15, -0.1) is 0 Å². The first-order valence-corrected chi connectivity index (χ1v) is 5.47. The van der Waals surface area contributed by atoms with Crippen LogP contribution in [-0.2, 0) is 11.3 Å². The summed E-state index contributed by atoms with van der Waals surface area (Å²) in [5, 5.41) is 8.81. The minimum absolute atomic E-state index is 0.180. The first-order chi connectivity index (χ1) is 8.81. The normalized spacial score (nSPS) is 12.8. The van der Waals surface area contributed by atoms with Gasteiger partial charge in [-0.05, 0) is 31.7 Å². The number of ether oxygens (including phenoxy) is 1. The minimum Gasteiger partial charge on any atom is -0.480 e. The Morgan fingerprint density at radius 1 is 1.47 bits per heavy atom. The molecule has 0 fully saturated rings. The van der Waals surface area contributed by atoms with Crippen molar-refractivity contribution in [2.45, 2.75) is 26.1 Å². The average molecular weight is 277 g/mol. The fourth-order valence-electron chi connectivity index (χ4n) is 1.45. The molecular weight excluding hydrogens is 263 g/mol. The van der Waals surface area contributed by atoms with Crippen molar-refractivity contribution in [1.29, 1.82) is 0 Å². The van der Waals surface area contributed by atoms with Crippen LogP contribution in [0.2, 0.25) is 0 Å². The molecule has 0 heterocycles. The van der Waals surface area contributed by atoms with Crippen LogP contribution in [0.3, 0.4) is 0 Å². The summed E-state index contributed by atoms with van der Waals surface area (Å²) in [5.41, 5.74) is 0.467. The van der Waals surface area contributed by atoms with E-state index in [1.807, 2.05) is 0 Å². The Balaban J connectivity index is 2.76. The van der Waals surface area contributed by atoms with E-state index >= 15 is 0 Å². The molecule has 0 amide bonds. The number of alkyl halides is 2. The van der Waals surface area contributed by atoms with E-state index in [-0.39, 0.29) is 6.54 Å². The Labute approximate surface area is 108 Å². The van der Waals surface area contributed by atoms with E-state index < -0.39 is 30.2 Å². The number of aliphatic carboxylic acids is 1. The Morgan fingerprint density at radius 2 is 2.11 bits per heavy atom. The molecule has 0 saturated heterocycles. The molecule has 0 aliphatic rings. The van der Waals surface area contributed by atoms with Crippen molar-refractivity contribution in [2.75, 3.05) is 7.05 Å². The van der Waals surface area contributed by atoms with Crippen LogP contribution < -0.4 is 4.74 Å². The van der Waals surface area contributed by atoms with Gasteiger partial charge in [-0.1, -0.05) is 6.07 Å². The molecule has 0 aromatic heterocycles. The Morgan fingerprint density at radius 3 is 2.58 bits per heavy atom. The standard InChI is InChI=1S/C12H14F3NO3/c1-7(11(17)18)16(2)6-8-3-4-10(9(13)5-8)19-12(14)15/h3-5,7,12H,6H2,1-2H3,(H,17,18). The highest BCUT2D eigenvalue weighted by Gasteiger charge is 2.17. The van der Waals surface area contributed by atoms with Gasteiger partial charge in [0.2, 0.25) is 0 Å². The van der Waals surface area contributed by atoms with Crippen molar-refractivity contribution >= 4 is 5.97 Å². The zero-order valence-corrected chi connectivity index (χ0v) is 10.4. The van der Waals surface area contributed by atoms with Gasteiger partial charge in [0.25, 0.3) is 0 Å². The van der Waals surface area contributed by atoms with Crippen LogP contribution in [0, 0.1) is 5.82 Å². The van der Waals surface area contributed by atoms with Crippen molar-refractivity contribution in [3.8, 4) is 5.75 Å². The van der Waals surface area contributed by atoms with Crippen molar-refractivity contribution in [3.05, 3.63) is 29.6 Å². The maximum absolute atomic E-state index is 13.4. The highest BCUT2D eigenvalue weighted by atomic mass is 19.3. The molecule has 4 nitrogen and oxygen atoms in total. The van der Waals surface area contributed by atoms with Gasteiger partial charge >= 0.3 is 12.6 Å². The van der Waals surface area contributed by atoms with Crippen molar-refractivity contribution in [1.82, 2.24) is 4.90 Å². The summed E-state index contributed by atoms with van der Waals surface area (Å²) in [6.07, 6.45) is 0. The molecule has 0 radical (unpaired) electrons. The van der Waals surface area contributed by atoms with E-state index in [1.54, 1.807) is 7.05 Å². The van der Waals surface area contributed by atoms with E-state index in [4.69, 9.17) is 5.11 Å². The topological polar surface area (TPSA) is 49.8 Å². The number of hydrogen-bond acceptors (Lipinski definition) is 3. The molecule has 7 heteroatoms. The Hall–Kier alpha value is -1.76. The van der Waals surface area contributed by atoms with Crippen molar-refractivity contribution in [2.24, 2.45) is 0 Å². The Bertz CT molecular complexity index is 454. The van der Waals surface area contributed by atoms with Crippen LogP contribution in [0.1, 0.15) is 12.5 Å². The molecule has 0 saturated carbocycles. The lowest BCUT2D eigenvalue weighted by Gasteiger charge is -2.21. The fraction of sp³-hybridized carbons (Fsp3) is 0.417. The third-order valence-electron chi connectivity index (χ3n) is 2.66.